The highest BCUT2D eigenvalue weighted by molar-refractivity contribution is 5.79. The first-order valence-corrected chi connectivity index (χ1v) is 7.79. The molecule has 1 aliphatic carbocycles. The van der Waals surface area contributed by atoms with E-state index in [2.05, 4.69) is 24.4 Å². The van der Waals surface area contributed by atoms with Crippen LogP contribution in [-0.2, 0) is 11.2 Å². The molecule has 0 saturated heterocycles. The topological polar surface area (TPSA) is 55.1 Å². The third-order valence-electron chi connectivity index (χ3n) is 4.25. The minimum Gasteiger partial charge on any atom is -0.353 e. The van der Waals surface area contributed by atoms with E-state index < -0.39 is 0 Å². The molecule has 1 saturated carbocycles. The highest BCUT2D eigenvalue weighted by Gasteiger charge is 2.26. The van der Waals surface area contributed by atoms with Crippen LogP contribution in [0.25, 0.3) is 0 Å². The molecular formula is C17H26N2O. The minimum absolute atomic E-state index is 0.114. The number of carbonyl (C=O) groups is 1. The van der Waals surface area contributed by atoms with Gasteiger partial charge in [0.1, 0.15) is 0 Å². The van der Waals surface area contributed by atoms with E-state index in [9.17, 15) is 4.79 Å². The van der Waals surface area contributed by atoms with E-state index in [-0.39, 0.29) is 23.9 Å². The van der Waals surface area contributed by atoms with Gasteiger partial charge in [0.2, 0.25) is 5.91 Å². The summed E-state index contributed by atoms with van der Waals surface area (Å²) in [6.07, 6.45) is 5.83. The molecule has 20 heavy (non-hydrogen) atoms. The molecule has 1 amide bonds. The van der Waals surface area contributed by atoms with Crippen LogP contribution in [0.5, 0.6) is 0 Å². The average molecular weight is 274 g/mol. The van der Waals surface area contributed by atoms with Crippen LogP contribution in [0.15, 0.2) is 30.3 Å². The number of nitrogens with two attached hydrogens (primary N) is 1. The van der Waals surface area contributed by atoms with Crippen molar-refractivity contribution in [3.05, 3.63) is 35.9 Å². The highest BCUT2D eigenvalue weighted by atomic mass is 16.1. The summed E-state index contributed by atoms with van der Waals surface area (Å²) in [6.45, 7) is 2.13. The fourth-order valence-corrected chi connectivity index (χ4v) is 2.98. The van der Waals surface area contributed by atoms with Crippen molar-refractivity contribution in [1.82, 2.24) is 5.32 Å². The number of hydrogen-bond acceptors (Lipinski definition) is 2. The Morgan fingerprint density at radius 1 is 1.35 bits per heavy atom. The third-order valence-corrected chi connectivity index (χ3v) is 4.25. The van der Waals surface area contributed by atoms with Gasteiger partial charge in [-0.2, -0.15) is 0 Å². The maximum absolute atomic E-state index is 12.3. The van der Waals surface area contributed by atoms with Crippen LogP contribution >= 0.6 is 0 Å². The molecule has 3 N–H and O–H groups in total. The quantitative estimate of drug-likeness (QED) is 0.867. The lowest BCUT2D eigenvalue weighted by Crippen LogP contribution is -2.43. The second-order valence-corrected chi connectivity index (χ2v) is 5.93. The van der Waals surface area contributed by atoms with E-state index in [4.69, 9.17) is 5.73 Å². The second kappa shape index (κ2) is 7.44. The van der Waals surface area contributed by atoms with E-state index in [1.54, 1.807) is 0 Å². The van der Waals surface area contributed by atoms with Crippen LogP contribution in [0.2, 0.25) is 0 Å². The third kappa shape index (κ3) is 4.34. The summed E-state index contributed by atoms with van der Waals surface area (Å²) in [5, 5.41) is 3.21. The summed E-state index contributed by atoms with van der Waals surface area (Å²) in [5.41, 5.74) is 7.25. The summed E-state index contributed by atoms with van der Waals surface area (Å²) >= 11 is 0. The van der Waals surface area contributed by atoms with Gasteiger partial charge in [-0.1, -0.05) is 43.7 Å². The van der Waals surface area contributed by atoms with Crippen LogP contribution in [0, 0.1) is 5.92 Å². The van der Waals surface area contributed by atoms with Crippen molar-refractivity contribution in [3.8, 4) is 0 Å². The van der Waals surface area contributed by atoms with Gasteiger partial charge in [0.25, 0.3) is 0 Å². The molecule has 3 unspecified atom stereocenters. The molecule has 1 aliphatic rings. The molecule has 3 atom stereocenters. The Morgan fingerprint density at radius 2 is 2.10 bits per heavy atom. The van der Waals surface area contributed by atoms with E-state index in [0.717, 1.165) is 38.5 Å². The first-order chi connectivity index (χ1) is 9.69. The monoisotopic (exact) mass is 274 g/mol. The van der Waals surface area contributed by atoms with Crippen molar-refractivity contribution in [2.75, 3.05) is 0 Å². The number of amides is 1. The minimum atomic E-state index is 0.114. The molecule has 3 nitrogen and oxygen atoms in total. The number of carbonyl (C=O) groups excluding carboxylic acids is 1. The average Bonchev–Trinajstić information content (AvgIpc) is 2.47. The number of hydrogen-bond donors (Lipinski definition) is 2. The highest BCUT2D eigenvalue weighted by Crippen LogP contribution is 2.23. The largest absolute Gasteiger partial charge is 0.353 e. The Bertz CT molecular complexity index is 418. The molecule has 0 bridgehead atoms. The lowest BCUT2D eigenvalue weighted by Gasteiger charge is -2.27. The lowest BCUT2D eigenvalue weighted by molar-refractivity contribution is -0.126. The summed E-state index contributed by atoms with van der Waals surface area (Å²) in [4.78, 5) is 12.3. The Balaban J connectivity index is 1.87. The summed E-state index contributed by atoms with van der Waals surface area (Å²) in [6, 6.07) is 10.8. The molecule has 0 heterocycles. The summed E-state index contributed by atoms with van der Waals surface area (Å²) in [5.74, 6) is 0.312. The number of nitrogens with one attached hydrogen (secondary N) is 1. The second-order valence-electron chi connectivity index (χ2n) is 5.93. The summed E-state index contributed by atoms with van der Waals surface area (Å²) in [7, 11) is 0. The molecule has 1 aromatic carbocycles. The zero-order valence-corrected chi connectivity index (χ0v) is 12.3. The van der Waals surface area contributed by atoms with E-state index in [1.807, 2.05) is 18.2 Å². The molecule has 0 spiro atoms. The SMILES string of the molecule is CCC(Cc1ccccc1)NC(=O)C1CCCC(N)C1. The van der Waals surface area contributed by atoms with Gasteiger partial charge >= 0.3 is 0 Å². The van der Waals surface area contributed by atoms with Crippen LogP contribution < -0.4 is 11.1 Å². The van der Waals surface area contributed by atoms with Crippen molar-refractivity contribution in [2.45, 2.75) is 57.5 Å². The molecule has 1 aromatic rings. The van der Waals surface area contributed by atoms with Crippen molar-refractivity contribution in [1.29, 1.82) is 0 Å². The van der Waals surface area contributed by atoms with Crippen LogP contribution in [0.4, 0.5) is 0 Å². The predicted molar refractivity (Wildman–Crippen MR) is 82.3 cm³/mol. The van der Waals surface area contributed by atoms with Gasteiger partial charge in [-0.05, 0) is 37.7 Å². The van der Waals surface area contributed by atoms with Gasteiger partial charge in [0, 0.05) is 18.0 Å². The molecule has 1 fully saturated rings. The Hall–Kier alpha value is -1.35. The van der Waals surface area contributed by atoms with Crippen molar-refractivity contribution in [2.24, 2.45) is 11.7 Å². The van der Waals surface area contributed by atoms with Gasteiger partial charge in [0.15, 0.2) is 0 Å². The van der Waals surface area contributed by atoms with Gasteiger partial charge in [-0.3, -0.25) is 4.79 Å². The van der Waals surface area contributed by atoms with Gasteiger partial charge in [-0.25, -0.2) is 0 Å². The Morgan fingerprint density at radius 3 is 2.75 bits per heavy atom. The van der Waals surface area contributed by atoms with Gasteiger partial charge < -0.3 is 11.1 Å². The zero-order chi connectivity index (χ0) is 14.4. The van der Waals surface area contributed by atoms with Crippen molar-refractivity contribution in [3.63, 3.8) is 0 Å². The first-order valence-electron chi connectivity index (χ1n) is 7.79. The summed E-state index contributed by atoms with van der Waals surface area (Å²) < 4.78 is 0. The maximum Gasteiger partial charge on any atom is 0.223 e. The van der Waals surface area contributed by atoms with Crippen molar-refractivity contribution >= 4 is 5.91 Å². The van der Waals surface area contributed by atoms with E-state index in [0.29, 0.717) is 0 Å². The first kappa shape index (κ1) is 15.0. The van der Waals surface area contributed by atoms with E-state index in [1.165, 1.54) is 5.56 Å². The smallest absolute Gasteiger partial charge is 0.223 e. The molecule has 0 aliphatic heterocycles. The van der Waals surface area contributed by atoms with Crippen LogP contribution in [-0.4, -0.2) is 18.0 Å². The zero-order valence-electron chi connectivity index (χ0n) is 12.3. The van der Waals surface area contributed by atoms with E-state index >= 15 is 0 Å². The van der Waals surface area contributed by atoms with Gasteiger partial charge in [0.05, 0.1) is 0 Å². The molecular weight excluding hydrogens is 248 g/mol. The molecule has 110 valence electrons. The van der Waals surface area contributed by atoms with Gasteiger partial charge in [-0.15, -0.1) is 0 Å². The van der Waals surface area contributed by atoms with Crippen LogP contribution in [0.1, 0.15) is 44.6 Å². The normalized spacial score (nSPS) is 24.1. The predicted octanol–water partition coefficient (Wildman–Crippen LogP) is 2.64. The fraction of sp³-hybridized carbons (Fsp3) is 0.588. The van der Waals surface area contributed by atoms with Crippen LogP contribution in [0.3, 0.4) is 0 Å². The standard InChI is InChI=1S/C17H26N2O/c1-2-16(11-13-7-4-3-5-8-13)19-17(20)14-9-6-10-15(18)12-14/h3-5,7-8,14-16H,2,6,9-12,18H2,1H3,(H,19,20). The van der Waals surface area contributed by atoms with Crippen molar-refractivity contribution < 1.29 is 4.79 Å². The Kier molecular flexibility index (Phi) is 5.60. The molecule has 0 aromatic heterocycles. The number of rotatable bonds is 5. The molecule has 2 rings (SSSR count). The maximum atomic E-state index is 12.3. The fourth-order valence-electron chi connectivity index (χ4n) is 2.98. The molecule has 3 heteroatoms. The Labute approximate surface area is 121 Å². The number of benzene rings is 1. The lowest BCUT2D eigenvalue weighted by atomic mass is 9.85. The molecule has 0 radical (unpaired) electrons.